The molecule has 2 N–H and O–H groups in total. The number of ether oxygens (including phenoxy) is 1. The van der Waals surface area contributed by atoms with Gasteiger partial charge in [0.15, 0.2) is 0 Å². The minimum absolute atomic E-state index is 0.234. The summed E-state index contributed by atoms with van der Waals surface area (Å²) in [6.07, 6.45) is 1.92. The lowest BCUT2D eigenvalue weighted by Gasteiger charge is -2.24. The van der Waals surface area contributed by atoms with Gasteiger partial charge in [-0.2, -0.15) is 0 Å². The molecule has 114 valence electrons. The Hall–Kier alpha value is -0.580. The zero-order valence-electron chi connectivity index (χ0n) is 12.9. The Kier molecular flexibility index (Phi) is 8.19. The first-order chi connectivity index (χ1) is 9.62. The van der Waals surface area contributed by atoms with Gasteiger partial charge in [-0.25, -0.2) is 0 Å². The average Bonchev–Trinajstić information content (AvgIpc) is 2.46. The molecule has 4 heteroatoms. The number of likely N-dealkylation sites (N-methyl/N-ethyl adjacent to an activating group) is 1. The molecule has 0 amide bonds. The topological polar surface area (TPSA) is 38.5 Å². The zero-order chi connectivity index (χ0) is 15.0. The molecule has 0 spiro atoms. The van der Waals surface area contributed by atoms with Crippen molar-refractivity contribution in [2.45, 2.75) is 39.7 Å². The third-order valence-corrected chi connectivity index (χ3v) is 4.24. The third-order valence-electron chi connectivity index (χ3n) is 3.50. The fraction of sp³-hybridized carbons (Fsp3) is 0.625. The second kappa shape index (κ2) is 9.37. The van der Waals surface area contributed by atoms with Gasteiger partial charge < -0.3 is 15.4 Å². The van der Waals surface area contributed by atoms with Gasteiger partial charge in [0.2, 0.25) is 0 Å². The van der Waals surface area contributed by atoms with Crippen molar-refractivity contribution in [3.05, 3.63) is 28.2 Å². The van der Waals surface area contributed by atoms with Crippen LogP contribution in [0.1, 0.15) is 32.8 Å². The molecule has 3 nitrogen and oxygen atoms in total. The summed E-state index contributed by atoms with van der Waals surface area (Å²) >= 11 is 3.67. The fourth-order valence-electron chi connectivity index (χ4n) is 2.11. The number of halogens is 1. The number of nitrogens with zero attached hydrogens (tertiary/aromatic N) is 1. The van der Waals surface area contributed by atoms with Gasteiger partial charge in [0, 0.05) is 35.9 Å². The number of hydrogen-bond donors (Lipinski definition) is 1. The van der Waals surface area contributed by atoms with E-state index in [1.54, 1.807) is 0 Å². The Morgan fingerprint density at radius 1 is 1.30 bits per heavy atom. The van der Waals surface area contributed by atoms with Gasteiger partial charge in [0.05, 0.1) is 6.61 Å². The molecule has 0 aliphatic heterocycles. The number of hydrogen-bond acceptors (Lipinski definition) is 3. The van der Waals surface area contributed by atoms with Crippen LogP contribution in [0, 0.1) is 0 Å². The average molecular weight is 343 g/mol. The number of benzene rings is 1. The number of nitrogens with two attached hydrogens (primary N) is 1. The number of rotatable bonds is 9. The molecule has 1 rings (SSSR count). The fourth-order valence-corrected chi connectivity index (χ4v) is 2.64. The first kappa shape index (κ1) is 17.5. The summed E-state index contributed by atoms with van der Waals surface area (Å²) in [5.74, 6) is 0. The Labute approximate surface area is 131 Å². The largest absolute Gasteiger partial charge is 0.380 e. The highest BCUT2D eigenvalue weighted by Gasteiger charge is 2.09. The highest BCUT2D eigenvalue weighted by Crippen LogP contribution is 2.25. The van der Waals surface area contributed by atoms with Crippen molar-refractivity contribution in [1.82, 2.24) is 0 Å². The molecule has 1 unspecified atom stereocenters. The smallest absolute Gasteiger partial charge is 0.0641 e. The van der Waals surface area contributed by atoms with Crippen LogP contribution in [0.4, 0.5) is 5.69 Å². The van der Waals surface area contributed by atoms with Crippen molar-refractivity contribution in [2.24, 2.45) is 5.73 Å². The molecule has 0 aromatic heterocycles. The standard InChI is InChI=1S/C16H27BrN2O/c1-4-14(18)11-13-7-8-15(12-16(13)17)19(5-2)9-10-20-6-3/h7-8,12,14H,4-6,9-11,18H2,1-3H3. The minimum Gasteiger partial charge on any atom is -0.380 e. The molecule has 0 saturated carbocycles. The van der Waals surface area contributed by atoms with E-state index in [1.807, 2.05) is 6.92 Å². The highest BCUT2D eigenvalue weighted by atomic mass is 79.9. The predicted molar refractivity (Wildman–Crippen MR) is 90.5 cm³/mol. The predicted octanol–water partition coefficient (Wildman–Crippen LogP) is 3.59. The van der Waals surface area contributed by atoms with Crippen molar-refractivity contribution in [1.29, 1.82) is 0 Å². The van der Waals surface area contributed by atoms with Crippen LogP contribution in [0.2, 0.25) is 0 Å². The molecule has 0 bridgehead atoms. The van der Waals surface area contributed by atoms with Crippen molar-refractivity contribution >= 4 is 21.6 Å². The van der Waals surface area contributed by atoms with Crippen LogP contribution in [0.25, 0.3) is 0 Å². The van der Waals surface area contributed by atoms with Crippen LogP contribution in [0.15, 0.2) is 22.7 Å². The minimum atomic E-state index is 0.234. The van der Waals surface area contributed by atoms with Gasteiger partial charge in [-0.15, -0.1) is 0 Å². The lowest BCUT2D eigenvalue weighted by atomic mass is 10.0. The summed E-state index contributed by atoms with van der Waals surface area (Å²) in [5, 5.41) is 0. The summed E-state index contributed by atoms with van der Waals surface area (Å²) in [5.41, 5.74) is 8.54. The normalized spacial score (nSPS) is 12.4. The Morgan fingerprint density at radius 2 is 2.05 bits per heavy atom. The quantitative estimate of drug-likeness (QED) is 0.697. The molecule has 0 heterocycles. The maximum absolute atomic E-state index is 6.03. The van der Waals surface area contributed by atoms with Crippen molar-refractivity contribution < 1.29 is 4.74 Å². The van der Waals surface area contributed by atoms with E-state index < -0.39 is 0 Å². The second-order valence-corrected chi connectivity index (χ2v) is 5.78. The van der Waals surface area contributed by atoms with Crippen LogP contribution in [0.5, 0.6) is 0 Å². The Bertz CT molecular complexity index is 398. The summed E-state index contributed by atoms with van der Waals surface area (Å²) in [6.45, 7) is 9.76. The Morgan fingerprint density at radius 3 is 2.60 bits per heavy atom. The maximum Gasteiger partial charge on any atom is 0.0641 e. The molecular formula is C16H27BrN2O. The summed E-state index contributed by atoms with van der Waals surface area (Å²) < 4.78 is 6.59. The lowest BCUT2D eigenvalue weighted by molar-refractivity contribution is 0.154. The first-order valence-corrected chi connectivity index (χ1v) is 8.28. The van der Waals surface area contributed by atoms with E-state index in [0.29, 0.717) is 0 Å². The summed E-state index contributed by atoms with van der Waals surface area (Å²) in [7, 11) is 0. The SMILES string of the molecule is CCOCCN(CC)c1ccc(CC(N)CC)c(Br)c1. The molecular weight excluding hydrogens is 316 g/mol. The Balaban J connectivity index is 2.73. The summed E-state index contributed by atoms with van der Waals surface area (Å²) in [4.78, 5) is 2.32. The van der Waals surface area contributed by atoms with Crippen LogP contribution in [-0.4, -0.2) is 32.3 Å². The van der Waals surface area contributed by atoms with E-state index >= 15 is 0 Å². The molecule has 0 aliphatic carbocycles. The highest BCUT2D eigenvalue weighted by molar-refractivity contribution is 9.10. The molecule has 0 aliphatic rings. The van der Waals surface area contributed by atoms with Gasteiger partial charge in [0.25, 0.3) is 0 Å². The van der Waals surface area contributed by atoms with E-state index in [0.717, 1.165) is 43.6 Å². The van der Waals surface area contributed by atoms with Crippen molar-refractivity contribution in [3.8, 4) is 0 Å². The first-order valence-electron chi connectivity index (χ1n) is 7.49. The van der Waals surface area contributed by atoms with Gasteiger partial charge in [-0.1, -0.05) is 28.9 Å². The van der Waals surface area contributed by atoms with Crippen molar-refractivity contribution in [2.75, 3.05) is 31.2 Å². The molecule has 1 atom stereocenters. The molecule has 0 radical (unpaired) electrons. The van der Waals surface area contributed by atoms with E-state index in [1.165, 1.54) is 11.3 Å². The van der Waals surface area contributed by atoms with Gasteiger partial charge in [0.1, 0.15) is 0 Å². The maximum atomic E-state index is 6.03. The van der Waals surface area contributed by atoms with Crippen LogP contribution >= 0.6 is 15.9 Å². The molecule has 0 saturated heterocycles. The molecule has 1 aromatic rings. The molecule has 1 aromatic carbocycles. The van der Waals surface area contributed by atoms with Crippen molar-refractivity contribution in [3.63, 3.8) is 0 Å². The van der Waals surface area contributed by atoms with E-state index in [4.69, 9.17) is 10.5 Å². The van der Waals surface area contributed by atoms with E-state index in [-0.39, 0.29) is 6.04 Å². The van der Waals surface area contributed by atoms with Gasteiger partial charge in [-0.05, 0) is 44.4 Å². The van der Waals surface area contributed by atoms with Gasteiger partial charge in [-0.3, -0.25) is 0 Å². The van der Waals surface area contributed by atoms with E-state index in [2.05, 4.69) is 52.9 Å². The third kappa shape index (κ3) is 5.43. The van der Waals surface area contributed by atoms with Crippen LogP contribution in [-0.2, 0) is 11.2 Å². The zero-order valence-corrected chi connectivity index (χ0v) is 14.4. The molecule has 20 heavy (non-hydrogen) atoms. The van der Waals surface area contributed by atoms with E-state index in [9.17, 15) is 0 Å². The monoisotopic (exact) mass is 342 g/mol. The summed E-state index contributed by atoms with van der Waals surface area (Å²) in [6, 6.07) is 6.78. The lowest BCUT2D eigenvalue weighted by Crippen LogP contribution is -2.27. The second-order valence-electron chi connectivity index (χ2n) is 4.92. The number of anilines is 1. The molecule has 0 fully saturated rings. The van der Waals surface area contributed by atoms with Crippen LogP contribution < -0.4 is 10.6 Å². The van der Waals surface area contributed by atoms with Gasteiger partial charge >= 0.3 is 0 Å². The van der Waals surface area contributed by atoms with Crippen LogP contribution in [0.3, 0.4) is 0 Å².